The maximum absolute atomic E-state index is 11.1. The molecule has 2 aromatic carbocycles. The van der Waals surface area contributed by atoms with Crippen LogP contribution in [0.4, 0.5) is 0 Å². The molecule has 0 amide bonds. The molecule has 2 aromatic rings. The Morgan fingerprint density at radius 1 is 1.00 bits per heavy atom. The Morgan fingerprint density at radius 2 is 1.48 bits per heavy atom. The van der Waals surface area contributed by atoms with E-state index in [1.807, 2.05) is 60.7 Å². The maximum atomic E-state index is 11.1. The van der Waals surface area contributed by atoms with Crippen LogP contribution in [-0.4, -0.2) is 40.6 Å². The molecule has 0 aliphatic rings. The van der Waals surface area contributed by atoms with Gasteiger partial charge in [-0.1, -0.05) is 60.7 Å². The molecule has 0 fully saturated rings. The van der Waals surface area contributed by atoms with Crippen LogP contribution in [0.2, 0.25) is 0 Å². The molecule has 0 aliphatic heterocycles. The van der Waals surface area contributed by atoms with Crippen LogP contribution in [0, 0.1) is 11.3 Å². The van der Waals surface area contributed by atoms with E-state index in [1.165, 1.54) is 0 Å². The Bertz CT molecular complexity index is 608. The molecule has 3 nitrogen and oxygen atoms in total. The van der Waals surface area contributed by atoms with Crippen molar-refractivity contribution in [3.63, 3.8) is 0 Å². The summed E-state index contributed by atoms with van der Waals surface area (Å²) >= 11 is 0. The van der Waals surface area contributed by atoms with Crippen LogP contribution in [0.1, 0.15) is 29.4 Å². The van der Waals surface area contributed by atoms with Gasteiger partial charge in [0.25, 0.3) is 0 Å². The summed E-state index contributed by atoms with van der Waals surface area (Å²) in [7, 11) is 0. The van der Waals surface area contributed by atoms with E-state index in [-0.39, 0.29) is 41.9 Å². The standard InChI is InChI=1S/C17H15NO2.Na.H/c18-12-16(14-9-5-2-6-10-14)15(11-17(19)20)13-7-3-1-4-8-13;;/h1-10,15-16H,11H2,(H,19,20);;. The van der Waals surface area contributed by atoms with Crippen molar-refractivity contribution >= 4 is 35.5 Å². The first-order valence-corrected chi connectivity index (χ1v) is 6.43. The number of nitriles is 1. The Morgan fingerprint density at radius 3 is 1.90 bits per heavy atom. The van der Waals surface area contributed by atoms with E-state index < -0.39 is 11.9 Å². The van der Waals surface area contributed by atoms with Crippen molar-refractivity contribution < 1.29 is 9.90 Å². The molecule has 2 atom stereocenters. The monoisotopic (exact) mass is 289 g/mol. The van der Waals surface area contributed by atoms with Crippen LogP contribution in [0.25, 0.3) is 0 Å². The molecule has 1 N–H and O–H groups in total. The van der Waals surface area contributed by atoms with Gasteiger partial charge in [-0.15, -0.1) is 0 Å². The van der Waals surface area contributed by atoms with Crippen LogP contribution < -0.4 is 0 Å². The average Bonchev–Trinajstić information content (AvgIpc) is 2.49. The number of hydrogen-bond donors (Lipinski definition) is 1. The van der Waals surface area contributed by atoms with Crippen LogP contribution in [0.3, 0.4) is 0 Å². The number of benzene rings is 2. The first-order valence-electron chi connectivity index (χ1n) is 6.43. The predicted molar refractivity (Wildman–Crippen MR) is 83.4 cm³/mol. The summed E-state index contributed by atoms with van der Waals surface area (Å²) in [5, 5.41) is 18.6. The van der Waals surface area contributed by atoms with Crippen LogP contribution in [0.5, 0.6) is 0 Å². The predicted octanol–water partition coefficient (Wildman–Crippen LogP) is 2.90. The summed E-state index contributed by atoms with van der Waals surface area (Å²) in [6.45, 7) is 0. The zero-order chi connectivity index (χ0) is 14.4. The molecule has 0 saturated heterocycles. The number of rotatable bonds is 5. The Kier molecular flexibility index (Phi) is 7.18. The van der Waals surface area contributed by atoms with Gasteiger partial charge in [-0.25, -0.2) is 0 Å². The van der Waals surface area contributed by atoms with Gasteiger partial charge >= 0.3 is 35.5 Å². The molecule has 0 bridgehead atoms. The van der Waals surface area contributed by atoms with E-state index in [4.69, 9.17) is 5.11 Å². The molecule has 0 radical (unpaired) electrons. The third-order valence-electron chi connectivity index (χ3n) is 3.32. The van der Waals surface area contributed by atoms with E-state index in [0.717, 1.165) is 11.1 Å². The summed E-state index contributed by atoms with van der Waals surface area (Å²) in [5.41, 5.74) is 1.73. The van der Waals surface area contributed by atoms with Crippen molar-refractivity contribution in [3.8, 4) is 6.07 Å². The van der Waals surface area contributed by atoms with Crippen LogP contribution in [0.15, 0.2) is 60.7 Å². The number of carbonyl (C=O) groups is 1. The molecule has 0 spiro atoms. The van der Waals surface area contributed by atoms with Gasteiger partial charge in [-0.05, 0) is 11.1 Å². The van der Waals surface area contributed by atoms with Gasteiger partial charge in [0.2, 0.25) is 0 Å². The third kappa shape index (κ3) is 4.71. The second-order valence-corrected chi connectivity index (χ2v) is 4.63. The molecule has 2 unspecified atom stereocenters. The third-order valence-corrected chi connectivity index (χ3v) is 3.32. The van der Waals surface area contributed by atoms with Crippen molar-refractivity contribution in [2.24, 2.45) is 0 Å². The zero-order valence-corrected chi connectivity index (χ0v) is 10.9. The summed E-state index contributed by atoms with van der Waals surface area (Å²) in [4.78, 5) is 11.1. The van der Waals surface area contributed by atoms with E-state index in [9.17, 15) is 10.1 Å². The van der Waals surface area contributed by atoms with Crippen molar-refractivity contribution in [2.75, 3.05) is 0 Å². The normalized spacial score (nSPS) is 12.5. The minimum atomic E-state index is -0.893. The number of carboxylic acids is 1. The van der Waals surface area contributed by atoms with Gasteiger partial charge in [0.05, 0.1) is 18.4 Å². The van der Waals surface area contributed by atoms with Gasteiger partial charge < -0.3 is 5.11 Å². The van der Waals surface area contributed by atoms with Gasteiger partial charge in [0.1, 0.15) is 0 Å². The molecule has 0 aliphatic carbocycles. The SMILES string of the molecule is N#CC(c1ccccc1)C(CC(=O)O)c1ccccc1.[NaH]. The summed E-state index contributed by atoms with van der Waals surface area (Å²) < 4.78 is 0. The minimum absolute atomic E-state index is 0. The number of carboxylic acid groups (broad SMARTS) is 1. The molecule has 0 heterocycles. The molecule has 102 valence electrons. The molecule has 0 saturated carbocycles. The fraction of sp³-hybridized carbons (Fsp3) is 0.176. The fourth-order valence-electron chi connectivity index (χ4n) is 2.37. The molecular formula is C17H16NNaO2. The van der Waals surface area contributed by atoms with Crippen LogP contribution in [-0.2, 0) is 4.79 Å². The first kappa shape index (κ1) is 17.5. The summed E-state index contributed by atoms with van der Waals surface area (Å²) in [6.07, 6.45) is -0.0584. The second kappa shape index (κ2) is 8.63. The van der Waals surface area contributed by atoms with Gasteiger partial charge in [0.15, 0.2) is 0 Å². The Labute approximate surface area is 146 Å². The second-order valence-electron chi connectivity index (χ2n) is 4.63. The number of aliphatic carboxylic acids is 1. The van der Waals surface area contributed by atoms with Crippen molar-refractivity contribution in [3.05, 3.63) is 71.8 Å². The number of nitrogens with zero attached hydrogens (tertiary/aromatic N) is 1. The van der Waals surface area contributed by atoms with Crippen molar-refractivity contribution in [1.29, 1.82) is 5.26 Å². The van der Waals surface area contributed by atoms with E-state index in [1.54, 1.807) is 0 Å². The molecular weight excluding hydrogens is 273 g/mol. The Hall–Kier alpha value is -1.60. The van der Waals surface area contributed by atoms with Crippen LogP contribution >= 0.6 is 0 Å². The van der Waals surface area contributed by atoms with Gasteiger partial charge in [0, 0.05) is 5.92 Å². The molecule has 0 aromatic heterocycles. The topological polar surface area (TPSA) is 61.1 Å². The summed E-state index contributed by atoms with van der Waals surface area (Å²) in [6, 6.07) is 21.0. The molecule has 2 rings (SSSR count). The Balaban J connectivity index is 0.00000220. The van der Waals surface area contributed by atoms with Gasteiger partial charge in [-0.3, -0.25) is 4.79 Å². The molecule has 4 heteroatoms. The average molecular weight is 289 g/mol. The van der Waals surface area contributed by atoms with Crippen molar-refractivity contribution in [2.45, 2.75) is 18.3 Å². The summed E-state index contributed by atoms with van der Waals surface area (Å²) in [5.74, 6) is -1.70. The van der Waals surface area contributed by atoms with Crippen molar-refractivity contribution in [1.82, 2.24) is 0 Å². The first-order chi connectivity index (χ1) is 9.72. The number of hydrogen-bond acceptors (Lipinski definition) is 2. The van der Waals surface area contributed by atoms with E-state index in [2.05, 4.69) is 6.07 Å². The fourth-order valence-corrected chi connectivity index (χ4v) is 2.37. The van der Waals surface area contributed by atoms with Gasteiger partial charge in [-0.2, -0.15) is 5.26 Å². The molecule has 21 heavy (non-hydrogen) atoms. The van der Waals surface area contributed by atoms with E-state index >= 15 is 0 Å². The van der Waals surface area contributed by atoms with E-state index in [0.29, 0.717) is 0 Å². The quantitative estimate of drug-likeness (QED) is 0.861. The zero-order valence-electron chi connectivity index (χ0n) is 10.9.